The van der Waals surface area contributed by atoms with Crippen LogP contribution >= 0.6 is 0 Å². The number of nitrogens with zero attached hydrogens (tertiary/aromatic N) is 1. The fraction of sp³-hybridized carbons (Fsp3) is 0.276. The standard InChI is InChI=1S/C29H32N2O8/c1-29(2,3)39-28(35)31(4)25-16-23(37-17-19-9-11-21(36-5)12-10-19)13-14-24(25)30-26(32)18-38-22-8-6-7-20(15-22)27(33)34/h6-16H,17-18H2,1-5H3,(H,30,32)(H,33,34). The summed E-state index contributed by atoms with van der Waals surface area (Å²) in [4.78, 5) is 37.9. The summed E-state index contributed by atoms with van der Waals surface area (Å²) in [7, 11) is 3.12. The summed E-state index contributed by atoms with van der Waals surface area (Å²) in [6.45, 7) is 5.16. The van der Waals surface area contributed by atoms with E-state index < -0.39 is 23.6 Å². The van der Waals surface area contributed by atoms with Gasteiger partial charge in [-0.1, -0.05) is 18.2 Å². The van der Waals surface area contributed by atoms with Gasteiger partial charge in [-0.05, 0) is 68.8 Å². The second-order valence-electron chi connectivity index (χ2n) is 9.52. The van der Waals surface area contributed by atoms with E-state index in [1.807, 2.05) is 24.3 Å². The smallest absolute Gasteiger partial charge is 0.414 e. The van der Waals surface area contributed by atoms with Gasteiger partial charge in [-0.25, -0.2) is 9.59 Å². The number of benzene rings is 3. The number of carboxylic acid groups (broad SMARTS) is 1. The molecule has 0 spiro atoms. The van der Waals surface area contributed by atoms with E-state index in [2.05, 4.69) is 5.32 Å². The van der Waals surface area contributed by atoms with E-state index in [0.717, 1.165) is 11.3 Å². The predicted molar refractivity (Wildman–Crippen MR) is 146 cm³/mol. The molecule has 0 aromatic heterocycles. The predicted octanol–water partition coefficient (Wildman–Crippen LogP) is 5.36. The molecule has 2 N–H and O–H groups in total. The van der Waals surface area contributed by atoms with Gasteiger partial charge in [-0.3, -0.25) is 9.69 Å². The molecule has 0 aliphatic heterocycles. The second-order valence-corrected chi connectivity index (χ2v) is 9.52. The van der Waals surface area contributed by atoms with E-state index in [0.29, 0.717) is 17.1 Å². The molecule has 0 saturated heterocycles. The Morgan fingerprint density at radius 3 is 2.21 bits per heavy atom. The van der Waals surface area contributed by atoms with E-state index in [9.17, 15) is 14.4 Å². The number of rotatable bonds is 10. The number of hydrogen-bond donors (Lipinski definition) is 2. The van der Waals surface area contributed by atoms with Crippen LogP contribution in [0.3, 0.4) is 0 Å². The van der Waals surface area contributed by atoms with Gasteiger partial charge >= 0.3 is 12.1 Å². The van der Waals surface area contributed by atoms with Crippen molar-refractivity contribution in [3.05, 3.63) is 77.9 Å². The maximum atomic E-state index is 12.8. The molecule has 2 amide bonds. The molecular formula is C29H32N2O8. The molecule has 0 heterocycles. The number of carbonyl (C=O) groups excluding carboxylic acids is 2. The zero-order valence-electron chi connectivity index (χ0n) is 22.5. The number of amides is 2. The first kappa shape index (κ1) is 28.8. The molecule has 0 fully saturated rings. The zero-order chi connectivity index (χ0) is 28.6. The molecule has 0 saturated carbocycles. The molecule has 0 bridgehead atoms. The van der Waals surface area contributed by atoms with Crippen LogP contribution in [0.25, 0.3) is 0 Å². The van der Waals surface area contributed by atoms with Gasteiger partial charge in [0.1, 0.15) is 29.5 Å². The van der Waals surface area contributed by atoms with Crippen molar-refractivity contribution in [2.45, 2.75) is 33.0 Å². The summed E-state index contributed by atoms with van der Waals surface area (Å²) in [6, 6.07) is 18.2. The van der Waals surface area contributed by atoms with Gasteiger partial charge in [0.15, 0.2) is 6.61 Å². The quantitative estimate of drug-likeness (QED) is 0.355. The van der Waals surface area contributed by atoms with Crippen LogP contribution in [0.4, 0.5) is 16.2 Å². The summed E-state index contributed by atoms with van der Waals surface area (Å²) >= 11 is 0. The highest BCUT2D eigenvalue weighted by Crippen LogP contribution is 2.31. The minimum absolute atomic E-state index is 0.0411. The molecule has 3 aromatic rings. The highest BCUT2D eigenvalue weighted by molar-refractivity contribution is 5.99. The van der Waals surface area contributed by atoms with Crippen LogP contribution in [0.5, 0.6) is 17.2 Å². The van der Waals surface area contributed by atoms with Crippen molar-refractivity contribution in [2.24, 2.45) is 0 Å². The van der Waals surface area contributed by atoms with Crippen LogP contribution in [0.1, 0.15) is 36.7 Å². The summed E-state index contributed by atoms with van der Waals surface area (Å²) in [5.41, 5.74) is 0.903. The van der Waals surface area contributed by atoms with Crippen LogP contribution in [-0.4, -0.2) is 49.4 Å². The number of nitrogens with one attached hydrogen (secondary N) is 1. The lowest BCUT2D eigenvalue weighted by molar-refractivity contribution is -0.118. The monoisotopic (exact) mass is 536 g/mol. The molecule has 10 heteroatoms. The van der Waals surface area contributed by atoms with Crippen LogP contribution in [0.15, 0.2) is 66.7 Å². The SMILES string of the molecule is COc1ccc(COc2ccc(NC(=O)COc3cccc(C(=O)O)c3)c(N(C)C(=O)OC(C)(C)C)c2)cc1. The fourth-order valence-electron chi connectivity index (χ4n) is 3.36. The van der Waals surface area contributed by atoms with Gasteiger partial charge in [0, 0.05) is 13.1 Å². The van der Waals surface area contributed by atoms with Crippen LogP contribution < -0.4 is 24.4 Å². The van der Waals surface area contributed by atoms with Gasteiger partial charge in [-0.2, -0.15) is 0 Å². The van der Waals surface area contributed by atoms with Crippen molar-refractivity contribution in [3.63, 3.8) is 0 Å². The van der Waals surface area contributed by atoms with Crippen molar-refractivity contribution < 1.29 is 38.4 Å². The van der Waals surface area contributed by atoms with Crippen molar-refractivity contribution >= 4 is 29.3 Å². The van der Waals surface area contributed by atoms with E-state index >= 15 is 0 Å². The lowest BCUT2D eigenvalue weighted by Gasteiger charge is -2.26. The highest BCUT2D eigenvalue weighted by Gasteiger charge is 2.23. The average molecular weight is 537 g/mol. The maximum absolute atomic E-state index is 12.8. The molecule has 39 heavy (non-hydrogen) atoms. The maximum Gasteiger partial charge on any atom is 0.414 e. The second kappa shape index (κ2) is 12.7. The Kier molecular flexibility index (Phi) is 9.38. The first-order valence-electron chi connectivity index (χ1n) is 12.1. The lowest BCUT2D eigenvalue weighted by atomic mass is 10.2. The van der Waals surface area contributed by atoms with Gasteiger partial charge in [0.2, 0.25) is 0 Å². The van der Waals surface area contributed by atoms with E-state index in [1.54, 1.807) is 52.1 Å². The Labute approximate surface area is 227 Å². The summed E-state index contributed by atoms with van der Waals surface area (Å²) in [5, 5.41) is 11.9. The number of hydrogen-bond acceptors (Lipinski definition) is 7. The molecule has 0 radical (unpaired) electrons. The minimum Gasteiger partial charge on any atom is -0.497 e. The fourth-order valence-corrected chi connectivity index (χ4v) is 3.36. The highest BCUT2D eigenvalue weighted by atomic mass is 16.6. The third kappa shape index (κ3) is 8.67. The summed E-state index contributed by atoms with van der Waals surface area (Å²) in [6.07, 6.45) is -0.618. The van der Waals surface area contributed by atoms with Gasteiger partial charge in [0.25, 0.3) is 5.91 Å². The topological polar surface area (TPSA) is 124 Å². The number of anilines is 2. The summed E-state index contributed by atoms with van der Waals surface area (Å²) in [5.74, 6) is -0.177. The lowest BCUT2D eigenvalue weighted by Crippen LogP contribution is -2.34. The number of ether oxygens (including phenoxy) is 4. The molecule has 0 unspecified atom stereocenters. The molecule has 10 nitrogen and oxygen atoms in total. The van der Waals surface area contributed by atoms with Crippen molar-refractivity contribution in [1.29, 1.82) is 0 Å². The van der Waals surface area contributed by atoms with E-state index in [1.165, 1.54) is 30.1 Å². The Hall–Kier alpha value is -4.73. The number of methoxy groups -OCH3 is 1. The Morgan fingerprint density at radius 2 is 1.56 bits per heavy atom. The number of carboxylic acids is 1. The van der Waals surface area contributed by atoms with Crippen molar-refractivity contribution in [1.82, 2.24) is 0 Å². The Morgan fingerprint density at radius 1 is 0.897 bits per heavy atom. The zero-order valence-corrected chi connectivity index (χ0v) is 22.5. The third-order valence-corrected chi connectivity index (χ3v) is 5.29. The number of carbonyl (C=O) groups is 3. The van der Waals surface area contributed by atoms with Crippen LogP contribution in [0, 0.1) is 0 Å². The van der Waals surface area contributed by atoms with E-state index in [-0.39, 0.29) is 24.5 Å². The van der Waals surface area contributed by atoms with Crippen molar-refractivity contribution in [3.8, 4) is 17.2 Å². The molecule has 206 valence electrons. The molecule has 0 aliphatic carbocycles. The van der Waals surface area contributed by atoms with Crippen molar-refractivity contribution in [2.75, 3.05) is 31.0 Å². The Bertz CT molecular complexity index is 1320. The van der Waals surface area contributed by atoms with Gasteiger partial charge in [-0.15, -0.1) is 0 Å². The van der Waals surface area contributed by atoms with Crippen LogP contribution in [-0.2, 0) is 16.1 Å². The third-order valence-electron chi connectivity index (χ3n) is 5.29. The molecular weight excluding hydrogens is 504 g/mol. The Balaban J connectivity index is 1.76. The van der Waals surface area contributed by atoms with Crippen LogP contribution in [0.2, 0.25) is 0 Å². The molecule has 0 atom stereocenters. The number of aromatic carboxylic acids is 1. The largest absolute Gasteiger partial charge is 0.497 e. The summed E-state index contributed by atoms with van der Waals surface area (Å²) < 4.78 is 22.1. The normalized spacial score (nSPS) is 10.8. The first-order valence-corrected chi connectivity index (χ1v) is 12.1. The van der Waals surface area contributed by atoms with Gasteiger partial charge in [0.05, 0.1) is 24.0 Å². The van der Waals surface area contributed by atoms with E-state index in [4.69, 9.17) is 24.1 Å². The van der Waals surface area contributed by atoms with Gasteiger partial charge < -0.3 is 29.4 Å². The average Bonchev–Trinajstić information content (AvgIpc) is 2.90. The molecule has 0 aliphatic rings. The minimum atomic E-state index is -1.10. The molecule has 3 aromatic carbocycles. The molecule has 3 rings (SSSR count). The first-order chi connectivity index (χ1) is 18.4.